The van der Waals surface area contributed by atoms with Crippen molar-refractivity contribution in [2.75, 3.05) is 6.54 Å². The predicted octanol–water partition coefficient (Wildman–Crippen LogP) is 3.52. The van der Waals surface area contributed by atoms with Crippen molar-refractivity contribution in [3.8, 4) is 0 Å². The summed E-state index contributed by atoms with van der Waals surface area (Å²) in [4.78, 5) is 13.1. The van der Waals surface area contributed by atoms with Crippen molar-refractivity contribution >= 4 is 21.8 Å². The van der Waals surface area contributed by atoms with Gasteiger partial charge in [0.15, 0.2) is 0 Å². The molecule has 0 spiro atoms. The van der Waals surface area contributed by atoms with Crippen molar-refractivity contribution in [2.45, 2.75) is 62.9 Å². The fourth-order valence-electron chi connectivity index (χ4n) is 3.98. The van der Waals surface area contributed by atoms with Gasteiger partial charge in [0.1, 0.15) is 0 Å². The van der Waals surface area contributed by atoms with Crippen LogP contribution in [0, 0.1) is 0 Å². The van der Waals surface area contributed by atoms with Gasteiger partial charge in [-0.3, -0.25) is 4.79 Å². The molecule has 2 fully saturated rings. The maximum atomic E-state index is 13.1. The highest BCUT2D eigenvalue weighted by molar-refractivity contribution is 9.10. The molecule has 1 aromatic carbocycles. The van der Waals surface area contributed by atoms with Gasteiger partial charge in [-0.15, -0.1) is 0 Å². The van der Waals surface area contributed by atoms with E-state index in [1.165, 1.54) is 5.56 Å². The van der Waals surface area contributed by atoms with Crippen molar-refractivity contribution in [1.82, 2.24) is 10.6 Å². The molecule has 2 N–H and O–H groups in total. The fraction of sp³-hybridized carbons (Fsp3) is 0.611. The number of piperidine rings is 1. The van der Waals surface area contributed by atoms with Crippen molar-refractivity contribution in [1.29, 1.82) is 0 Å². The Morgan fingerprint density at radius 1 is 1.27 bits per heavy atom. The molecule has 120 valence electrons. The summed E-state index contributed by atoms with van der Waals surface area (Å²) < 4.78 is 1.07. The lowest BCUT2D eigenvalue weighted by atomic mass is 9.77. The zero-order valence-corrected chi connectivity index (χ0v) is 14.8. The average Bonchev–Trinajstić information content (AvgIpc) is 2.99. The number of benzene rings is 1. The van der Waals surface area contributed by atoms with Crippen LogP contribution in [-0.2, 0) is 10.2 Å². The summed E-state index contributed by atoms with van der Waals surface area (Å²) in [7, 11) is 0. The molecular formula is C18H25BrN2O. The molecule has 2 aliphatic rings. The molecule has 1 amide bonds. The van der Waals surface area contributed by atoms with Crippen molar-refractivity contribution in [2.24, 2.45) is 0 Å². The quantitative estimate of drug-likeness (QED) is 0.861. The van der Waals surface area contributed by atoms with Gasteiger partial charge in [0.05, 0.1) is 5.41 Å². The van der Waals surface area contributed by atoms with E-state index in [1.54, 1.807) is 0 Å². The number of hydrogen-bond donors (Lipinski definition) is 2. The van der Waals surface area contributed by atoms with Crippen LogP contribution in [0.4, 0.5) is 0 Å². The van der Waals surface area contributed by atoms with E-state index in [2.05, 4.69) is 57.8 Å². The van der Waals surface area contributed by atoms with Crippen molar-refractivity contribution < 1.29 is 4.79 Å². The Balaban J connectivity index is 1.78. The maximum absolute atomic E-state index is 13.1. The zero-order valence-electron chi connectivity index (χ0n) is 13.2. The normalized spacial score (nSPS) is 27.5. The Kier molecular flexibility index (Phi) is 4.88. The molecule has 4 heteroatoms. The van der Waals surface area contributed by atoms with Gasteiger partial charge in [-0.25, -0.2) is 0 Å². The predicted molar refractivity (Wildman–Crippen MR) is 92.9 cm³/mol. The van der Waals surface area contributed by atoms with E-state index in [9.17, 15) is 4.79 Å². The monoisotopic (exact) mass is 364 g/mol. The first-order chi connectivity index (χ1) is 10.6. The Morgan fingerprint density at radius 3 is 2.59 bits per heavy atom. The maximum Gasteiger partial charge on any atom is 0.230 e. The van der Waals surface area contributed by atoms with Gasteiger partial charge in [0.2, 0.25) is 5.91 Å². The fourth-order valence-corrected chi connectivity index (χ4v) is 4.25. The van der Waals surface area contributed by atoms with E-state index in [4.69, 9.17) is 0 Å². The molecule has 0 aromatic heterocycles. The van der Waals surface area contributed by atoms with Gasteiger partial charge >= 0.3 is 0 Å². The van der Waals surface area contributed by atoms with E-state index in [0.29, 0.717) is 12.1 Å². The van der Waals surface area contributed by atoms with E-state index in [0.717, 1.165) is 49.5 Å². The zero-order chi connectivity index (χ0) is 15.6. The highest BCUT2D eigenvalue weighted by atomic mass is 79.9. The highest BCUT2D eigenvalue weighted by Gasteiger charge is 2.43. The summed E-state index contributed by atoms with van der Waals surface area (Å²) in [6.07, 6.45) is 6.30. The molecule has 0 bridgehead atoms. The smallest absolute Gasteiger partial charge is 0.230 e. The molecule has 1 aliphatic heterocycles. The van der Waals surface area contributed by atoms with Crippen LogP contribution < -0.4 is 10.6 Å². The first kappa shape index (κ1) is 16.0. The third kappa shape index (κ3) is 3.23. The number of amides is 1. The molecule has 3 rings (SSSR count). The molecular weight excluding hydrogens is 340 g/mol. The van der Waals surface area contributed by atoms with Gasteiger partial charge in [-0.2, -0.15) is 0 Å². The number of halogens is 1. The molecule has 1 aliphatic carbocycles. The number of rotatable bonds is 3. The summed E-state index contributed by atoms with van der Waals surface area (Å²) in [5.41, 5.74) is 0.863. The van der Waals surface area contributed by atoms with Crippen molar-refractivity contribution in [3.05, 3.63) is 34.3 Å². The summed E-state index contributed by atoms with van der Waals surface area (Å²) in [5, 5.41) is 6.80. The second-order valence-corrected chi connectivity index (χ2v) is 7.76. The van der Waals surface area contributed by atoms with Gasteiger partial charge in [0.25, 0.3) is 0 Å². The van der Waals surface area contributed by atoms with Crippen LogP contribution >= 0.6 is 15.9 Å². The Labute approximate surface area is 141 Å². The Hall–Kier alpha value is -0.870. The standard InChI is InChI=1S/C18H25BrN2O/c1-13-12-16(8-11-20-13)21-17(22)18(9-2-3-10-18)14-4-6-15(19)7-5-14/h4-7,13,16,20H,2-3,8-12H2,1H3,(H,21,22). The molecule has 3 nitrogen and oxygen atoms in total. The number of carbonyl (C=O) groups excluding carboxylic acids is 1. The summed E-state index contributed by atoms with van der Waals surface area (Å²) >= 11 is 3.49. The minimum atomic E-state index is -0.311. The second-order valence-electron chi connectivity index (χ2n) is 6.85. The molecule has 1 saturated carbocycles. The lowest BCUT2D eigenvalue weighted by molar-refractivity contribution is -0.127. The van der Waals surface area contributed by atoms with Crippen LogP contribution in [0.3, 0.4) is 0 Å². The van der Waals surface area contributed by atoms with Crippen LogP contribution in [-0.4, -0.2) is 24.5 Å². The lowest BCUT2D eigenvalue weighted by Crippen LogP contribution is -2.51. The second kappa shape index (κ2) is 6.71. The molecule has 22 heavy (non-hydrogen) atoms. The third-order valence-electron chi connectivity index (χ3n) is 5.25. The molecule has 1 saturated heterocycles. The van der Waals surface area contributed by atoms with Crippen LogP contribution in [0.15, 0.2) is 28.7 Å². The topological polar surface area (TPSA) is 41.1 Å². The summed E-state index contributed by atoms with van der Waals surface area (Å²) in [6.45, 7) is 3.19. The highest BCUT2D eigenvalue weighted by Crippen LogP contribution is 2.42. The average molecular weight is 365 g/mol. The number of hydrogen-bond acceptors (Lipinski definition) is 2. The SMILES string of the molecule is CC1CC(NC(=O)C2(c3ccc(Br)cc3)CCCC2)CCN1. The first-order valence-corrected chi connectivity index (χ1v) is 9.20. The van der Waals surface area contributed by atoms with Gasteiger partial charge < -0.3 is 10.6 Å². The summed E-state index contributed by atoms with van der Waals surface area (Å²) in [5.74, 6) is 0.242. The van der Waals surface area contributed by atoms with Crippen LogP contribution in [0.5, 0.6) is 0 Å². The van der Waals surface area contributed by atoms with Crippen molar-refractivity contribution in [3.63, 3.8) is 0 Å². The van der Waals surface area contributed by atoms with E-state index in [-0.39, 0.29) is 11.3 Å². The first-order valence-electron chi connectivity index (χ1n) is 8.40. The number of carbonyl (C=O) groups is 1. The van der Waals surface area contributed by atoms with Crippen LogP contribution in [0.1, 0.15) is 51.0 Å². The van der Waals surface area contributed by atoms with Gasteiger partial charge in [-0.05, 0) is 56.8 Å². The van der Waals surface area contributed by atoms with E-state index >= 15 is 0 Å². The van der Waals surface area contributed by atoms with E-state index < -0.39 is 0 Å². The number of nitrogens with one attached hydrogen (secondary N) is 2. The van der Waals surface area contributed by atoms with E-state index in [1.807, 2.05) is 0 Å². The minimum absolute atomic E-state index is 0.242. The third-order valence-corrected chi connectivity index (χ3v) is 5.78. The molecule has 0 radical (unpaired) electrons. The molecule has 2 atom stereocenters. The van der Waals surface area contributed by atoms with Gasteiger partial charge in [-0.1, -0.05) is 40.9 Å². The molecule has 1 heterocycles. The summed E-state index contributed by atoms with van der Waals surface area (Å²) in [6, 6.07) is 9.13. The van der Waals surface area contributed by atoms with Crippen LogP contribution in [0.25, 0.3) is 0 Å². The largest absolute Gasteiger partial charge is 0.352 e. The minimum Gasteiger partial charge on any atom is -0.352 e. The van der Waals surface area contributed by atoms with Gasteiger partial charge in [0, 0.05) is 16.6 Å². The lowest BCUT2D eigenvalue weighted by Gasteiger charge is -2.34. The Morgan fingerprint density at radius 2 is 1.95 bits per heavy atom. The molecule has 2 unspecified atom stereocenters. The van der Waals surface area contributed by atoms with Crippen LogP contribution in [0.2, 0.25) is 0 Å². The Bertz CT molecular complexity index is 522. The molecule has 1 aromatic rings.